The SMILES string of the molecule is CCCC(c1ccc(C(=O)O)cc1)C(C(=O)N1Cc2ccc(OC(F)(F)F)cc2C1)c1ccc(Cl)cc1. The molecular weight excluding hydrogens is 507 g/mol. The second kappa shape index (κ2) is 10.8. The number of amides is 1. The van der Waals surface area contributed by atoms with Gasteiger partial charge < -0.3 is 14.7 Å². The van der Waals surface area contributed by atoms with Crippen molar-refractivity contribution in [2.75, 3.05) is 0 Å². The molecule has 0 fully saturated rings. The second-order valence-corrected chi connectivity index (χ2v) is 9.46. The molecule has 2 unspecified atom stereocenters. The Balaban J connectivity index is 1.68. The number of nitrogens with zero attached hydrogens (tertiary/aromatic N) is 1. The highest BCUT2D eigenvalue weighted by molar-refractivity contribution is 6.30. The second-order valence-electron chi connectivity index (χ2n) is 9.02. The molecule has 194 valence electrons. The molecule has 4 rings (SSSR count). The van der Waals surface area contributed by atoms with Crippen LogP contribution in [0.5, 0.6) is 5.75 Å². The number of carboxylic acids is 1. The first-order valence-electron chi connectivity index (χ1n) is 11.8. The number of rotatable bonds is 8. The fourth-order valence-electron chi connectivity index (χ4n) is 4.85. The largest absolute Gasteiger partial charge is 0.573 e. The van der Waals surface area contributed by atoms with E-state index >= 15 is 0 Å². The standard InChI is InChI=1S/C28H25ClF3NO4/c1-2-3-24(17-4-6-19(7-5-17)27(35)36)25(18-8-11-22(29)12-9-18)26(34)33-15-20-10-13-23(14-21(20)16-33)37-28(30,31)32/h4-14,24-25H,2-3,15-16H2,1H3,(H,35,36). The average Bonchev–Trinajstić information content (AvgIpc) is 3.27. The third-order valence-corrected chi connectivity index (χ3v) is 6.78. The lowest BCUT2D eigenvalue weighted by molar-refractivity contribution is -0.274. The van der Waals surface area contributed by atoms with E-state index in [2.05, 4.69) is 4.74 Å². The zero-order valence-electron chi connectivity index (χ0n) is 20.0. The quantitative estimate of drug-likeness (QED) is 0.335. The summed E-state index contributed by atoms with van der Waals surface area (Å²) in [5, 5.41) is 9.81. The molecule has 3 aromatic rings. The number of aromatic carboxylic acids is 1. The Morgan fingerprint density at radius 3 is 2.19 bits per heavy atom. The molecule has 5 nitrogen and oxygen atoms in total. The van der Waals surface area contributed by atoms with Gasteiger partial charge in [0, 0.05) is 18.1 Å². The smallest absolute Gasteiger partial charge is 0.478 e. The summed E-state index contributed by atoms with van der Waals surface area (Å²) in [5.74, 6) is -2.38. The van der Waals surface area contributed by atoms with Crippen LogP contribution in [0.4, 0.5) is 13.2 Å². The van der Waals surface area contributed by atoms with Crippen LogP contribution in [0.1, 0.15) is 64.2 Å². The molecule has 37 heavy (non-hydrogen) atoms. The van der Waals surface area contributed by atoms with E-state index in [9.17, 15) is 27.9 Å². The van der Waals surface area contributed by atoms with Crippen molar-refractivity contribution in [2.24, 2.45) is 0 Å². The molecule has 0 bridgehead atoms. The zero-order valence-corrected chi connectivity index (χ0v) is 20.7. The fraction of sp³-hybridized carbons (Fsp3) is 0.286. The lowest BCUT2D eigenvalue weighted by Gasteiger charge is -2.31. The highest BCUT2D eigenvalue weighted by Gasteiger charge is 2.37. The minimum Gasteiger partial charge on any atom is -0.478 e. The monoisotopic (exact) mass is 531 g/mol. The number of carbonyl (C=O) groups excluding carboxylic acids is 1. The van der Waals surface area contributed by atoms with Crippen LogP contribution in [-0.4, -0.2) is 28.2 Å². The molecule has 1 aliphatic heterocycles. The summed E-state index contributed by atoms with van der Waals surface area (Å²) in [4.78, 5) is 27.0. The Hall–Kier alpha value is -3.52. The van der Waals surface area contributed by atoms with Crippen LogP contribution in [0, 0.1) is 0 Å². The first-order valence-corrected chi connectivity index (χ1v) is 12.2. The predicted molar refractivity (Wildman–Crippen MR) is 133 cm³/mol. The van der Waals surface area contributed by atoms with Gasteiger partial charge in [-0.2, -0.15) is 0 Å². The first kappa shape index (κ1) is 26.5. The molecule has 2 atom stereocenters. The van der Waals surface area contributed by atoms with Gasteiger partial charge in [0.15, 0.2) is 0 Å². The van der Waals surface area contributed by atoms with Crippen molar-refractivity contribution in [3.63, 3.8) is 0 Å². The van der Waals surface area contributed by atoms with Crippen molar-refractivity contribution in [3.8, 4) is 5.75 Å². The molecule has 1 N–H and O–H groups in total. The van der Waals surface area contributed by atoms with Gasteiger partial charge in [0.05, 0.1) is 11.5 Å². The summed E-state index contributed by atoms with van der Waals surface area (Å²) in [6.45, 7) is 2.43. The van der Waals surface area contributed by atoms with Gasteiger partial charge in [-0.3, -0.25) is 4.79 Å². The van der Waals surface area contributed by atoms with Crippen LogP contribution in [-0.2, 0) is 17.9 Å². The molecule has 0 aliphatic carbocycles. The van der Waals surface area contributed by atoms with E-state index < -0.39 is 18.2 Å². The number of ether oxygens (including phenoxy) is 1. The number of benzene rings is 3. The van der Waals surface area contributed by atoms with E-state index in [1.807, 2.05) is 6.92 Å². The van der Waals surface area contributed by atoms with Crippen molar-refractivity contribution in [2.45, 2.75) is 51.1 Å². The summed E-state index contributed by atoms with van der Waals surface area (Å²) in [7, 11) is 0. The Morgan fingerprint density at radius 2 is 1.59 bits per heavy atom. The van der Waals surface area contributed by atoms with Crippen LogP contribution in [0.15, 0.2) is 66.7 Å². The van der Waals surface area contributed by atoms with Gasteiger partial charge in [-0.25, -0.2) is 4.79 Å². The minimum absolute atomic E-state index is 0.153. The summed E-state index contributed by atoms with van der Waals surface area (Å²) in [6.07, 6.45) is -3.36. The Labute approximate surface area is 217 Å². The molecule has 9 heteroatoms. The Bertz CT molecular complexity index is 1280. The lowest BCUT2D eigenvalue weighted by atomic mass is 9.78. The van der Waals surface area contributed by atoms with Crippen LogP contribution < -0.4 is 4.74 Å². The van der Waals surface area contributed by atoms with Crippen LogP contribution in [0.2, 0.25) is 5.02 Å². The van der Waals surface area contributed by atoms with Gasteiger partial charge in [-0.1, -0.05) is 55.3 Å². The maximum atomic E-state index is 14.1. The third kappa shape index (κ3) is 6.25. The van der Waals surface area contributed by atoms with Gasteiger partial charge in [-0.15, -0.1) is 13.2 Å². The van der Waals surface area contributed by atoms with Crippen LogP contribution >= 0.6 is 11.6 Å². The van der Waals surface area contributed by atoms with Crippen molar-refractivity contribution >= 4 is 23.5 Å². The van der Waals surface area contributed by atoms with E-state index in [4.69, 9.17) is 11.6 Å². The molecule has 1 amide bonds. The van der Waals surface area contributed by atoms with Crippen molar-refractivity contribution in [3.05, 3.63) is 99.6 Å². The molecule has 0 saturated carbocycles. The summed E-state index contributed by atoms with van der Waals surface area (Å²) < 4.78 is 42.1. The van der Waals surface area contributed by atoms with E-state index in [0.717, 1.165) is 23.1 Å². The van der Waals surface area contributed by atoms with Crippen LogP contribution in [0.25, 0.3) is 0 Å². The number of hydrogen-bond donors (Lipinski definition) is 1. The zero-order chi connectivity index (χ0) is 26.7. The molecule has 0 saturated heterocycles. The molecule has 3 aromatic carbocycles. The molecule has 1 aliphatic rings. The van der Waals surface area contributed by atoms with Gasteiger partial charge in [-0.05, 0) is 71.0 Å². The van der Waals surface area contributed by atoms with Crippen molar-refractivity contribution in [1.82, 2.24) is 4.90 Å². The maximum absolute atomic E-state index is 14.1. The molecule has 0 radical (unpaired) electrons. The third-order valence-electron chi connectivity index (χ3n) is 6.53. The number of alkyl halides is 3. The minimum atomic E-state index is -4.80. The van der Waals surface area contributed by atoms with Gasteiger partial charge in [0.1, 0.15) is 5.75 Å². The predicted octanol–water partition coefficient (Wildman–Crippen LogP) is 7.15. The first-order chi connectivity index (χ1) is 17.6. The van der Waals surface area contributed by atoms with Crippen LogP contribution in [0.3, 0.4) is 0 Å². The van der Waals surface area contributed by atoms with E-state index in [-0.39, 0.29) is 36.2 Å². The molecule has 0 spiro atoms. The molecule has 0 aromatic heterocycles. The van der Waals surface area contributed by atoms with Crippen molar-refractivity contribution in [1.29, 1.82) is 0 Å². The number of carboxylic acid groups (broad SMARTS) is 1. The fourth-order valence-corrected chi connectivity index (χ4v) is 4.97. The molecule has 1 heterocycles. The van der Waals surface area contributed by atoms with Crippen molar-refractivity contribution < 1.29 is 32.6 Å². The van der Waals surface area contributed by atoms with Gasteiger partial charge in [0.2, 0.25) is 5.91 Å². The average molecular weight is 532 g/mol. The number of fused-ring (bicyclic) bond motifs is 1. The van der Waals surface area contributed by atoms with Gasteiger partial charge in [0.25, 0.3) is 0 Å². The summed E-state index contributed by atoms with van der Waals surface area (Å²) >= 11 is 6.11. The van der Waals surface area contributed by atoms with E-state index in [0.29, 0.717) is 17.0 Å². The van der Waals surface area contributed by atoms with Gasteiger partial charge >= 0.3 is 12.3 Å². The number of halogens is 4. The number of carbonyl (C=O) groups is 2. The Kier molecular flexibility index (Phi) is 7.78. The lowest BCUT2D eigenvalue weighted by Crippen LogP contribution is -2.34. The maximum Gasteiger partial charge on any atom is 0.573 e. The normalized spacial score (nSPS) is 14.7. The number of hydrogen-bond acceptors (Lipinski definition) is 3. The van der Waals surface area contributed by atoms with E-state index in [1.54, 1.807) is 47.4 Å². The molecular formula is C28H25ClF3NO4. The summed E-state index contributed by atoms with van der Waals surface area (Å²) in [5.41, 5.74) is 3.10. The topological polar surface area (TPSA) is 66.8 Å². The van der Waals surface area contributed by atoms with E-state index in [1.165, 1.54) is 24.3 Å². The summed E-state index contributed by atoms with van der Waals surface area (Å²) in [6, 6.07) is 17.7. The Morgan fingerprint density at radius 1 is 0.973 bits per heavy atom. The highest BCUT2D eigenvalue weighted by atomic mass is 35.5. The highest BCUT2D eigenvalue weighted by Crippen LogP contribution is 2.40.